The monoisotopic (exact) mass is 462 g/mol. The molecule has 0 spiro atoms. The second kappa shape index (κ2) is 11.8. The number of hydrogen-bond acceptors (Lipinski definition) is 4. The molecule has 2 aromatic carbocycles. The summed E-state index contributed by atoms with van der Waals surface area (Å²) >= 11 is 0. The highest BCUT2D eigenvalue weighted by Crippen LogP contribution is 2.23. The molecule has 2 amide bonds. The lowest BCUT2D eigenvalue weighted by Gasteiger charge is -2.26. The van der Waals surface area contributed by atoms with Gasteiger partial charge in [-0.2, -0.15) is 5.26 Å². The van der Waals surface area contributed by atoms with Crippen LogP contribution in [0.15, 0.2) is 48.5 Å². The van der Waals surface area contributed by atoms with E-state index < -0.39 is 6.04 Å². The lowest BCUT2D eigenvalue weighted by molar-refractivity contribution is -0.124. The summed E-state index contributed by atoms with van der Waals surface area (Å²) in [4.78, 5) is 27.2. The molecule has 2 fully saturated rings. The van der Waals surface area contributed by atoms with Gasteiger partial charge >= 0.3 is 0 Å². The van der Waals surface area contributed by atoms with Crippen molar-refractivity contribution in [3.05, 3.63) is 59.7 Å². The second-order valence-corrected chi connectivity index (χ2v) is 9.36. The highest BCUT2D eigenvalue weighted by molar-refractivity contribution is 5.95. The van der Waals surface area contributed by atoms with E-state index in [-0.39, 0.29) is 20.7 Å². The number of rotatable bonds is 7. The first-order valence-electron chi connectivity index (χ1n) is 12.6. The van der Waals surface area contributed by atoms with Crippen LogP contribution in [0.2, 0.25) is 0 Å². The van der Waals surface area contributed by atoms with Gasteiger partial charge in [0.15, 0.2) is 0 Å². The van der Waals surface area contributed by atoms with Crippen molar-refractivity contribution in [2.75, 3.05) is 19.6 Å². The number of likely N-dealkylation sites (tertiary alicyclic amines) is 1. The van der Waals surface area contributed by atoms with E-state index in [1.807, 2.05) is 29.2 Å². The quantitative estimate of drug-likeness (QED) is 0.632. The molecular formula is C28H38N4O2. The SMILES string of the molecule is N#C[C@H](CCc1ccc(-c2cccc(C(=O)N3CCCCC3)c2)cc1)NC(=O)[C@@H]1CCCCN1.[HH].[HH]. The molecule has 2 N–H and O–H groups in total. The Kier molecular flexibility index (Phi) is 8.32. The van der Waals surface area contributed by atoms with Crippen LogP contribution in [-0.2, 0) is 11.2 Å². The molecule has 6 nitrogen and oxygen atoms in total. The fraction of sp³-hybridized carbons (Fsp3) is 0.464. The Hall–Kier alpha value is -3.17. The van der Waals surface area contributed by atoms with Crippen LogP contribution in [-0.4, -0.2) is 48.4 Å². The molecule has 6 heteroatoms. The number of carbonyl (C=O) groups is 2. The molecule has 2 heterocycles. The lowest BCUT2D eigenvalue weighted by Crippen LogP contribution is -2.49. The van der Waals surface area contributed by atoms with E-state index in [1.165, 1.54) is 6.42 Å². The molecule has 34 heavy (non-hydrogen) atoms. The van der Waals surface area contributed by atoms with Gasteiger partial charge in [0.05, 0.1) is 12.1 Å². The third kappa shape index (κ3) is 6.24. The average Bonchev–Trinajstić information content (AvgIpc) is 2.92. The summed E-state index contributed by atoms with van der Waals surface area (Å²) in [6, 6.07) is 17.7. The van der Waals surface area contributed by atoms with Crippen molar-refractivity contribution < 1.29 is 12.4 Å². The number of benzene rings is 2. The number of nitriles is 1. The van der Waals surface area contributed by atoms with E-state index in [2.05, 4.69) is 41.0 Å². The van der Waals surface area contributed by atoms with Gasteiger partial charge in [0.25, 0.3) is 5.91 Å². The van der Waals surface area contributed by atoms with Crippen LogP contribution in [0.3, 0.4) is 0 Å². The normalized spacial score (nSPS) is 19.1. The molecule has 2 aliphatic rings. The minimum atomic E-state index is -0.492. The van der Waals surface area contributed by atoms with E-state index in [0.29, 0.717) is 12.8 Å². The highest BCUT2D eigenvalue weighted by Gasteiger charge is 2.23. The zero-order valence-corrected chi connectivity index (χ0v) is 19.8. The summed E-state index contributed by atoms with van der Waals surface area (Å²) in [5, 5.41) is 15.6. The second-order valence-electron chi connectivity index (χ2n) is 9.36. The number of nitrogens with zero attached hydrogens (tertiary/aromatic N) is 2. The Morgan fingerprint density at radius 3 is 2.56 bits per heavy atom. The molecule has 4 rings (SSSR count). The largest absolute Gasteiger partial charge is 0.339 e. The fourth-order valence-electron chi connectivity index (χ4n) is 4.80. The smallest absolute Gasteiger partial charge is 0.253 e. The van der Waals surface area contributed by atoms with Gasteiger partial charge in [-0.3, -0.25) is 9.59 Å². The molecule has 0 saturated carbocycles. The van der Waals surface area contributed by atoms with Crippen molar-refractivity contribution in [2.24, 2.45) is 0 Å². The number of hydrogen-bond donors (Lipinski definition) is 2. The average molecular weight is 463 g/mol. The Balaban J connectivity index is 0.00000228. The highest BCUT2D eigenvalue weighted by atomic mass is 16.2. The van der Waals surface area contributed by atoms with Crippen molar-refractivity contribution in [1.29, 1.82) is 5.26 Å². The van der Waals surface area contributed by atoms with Crippen molar-refractivity contribution in [2.45, 2.75) is 63.5 Å². The van der Waals surface area contributed by atoms with Gasteiger partial charge in [-0.25, -0.2) is 0 Å². The summed E-state index contributed by atoms with van der Waals surface area (Å²) in [5.74, 6) is 0.0479. The molecule has 0 aromatic heterocycles. The zero-order valence-electron chi connectivity index (χ0n) is 19.8. The molecule has 2 atom stereocenters. The van der Waals surface area contributed by atoms with Crippen molar-refractivity contribution >= 4 is 11.8 Å². The number of carbonyl (C=O) groups excluding carboxylic acids is 2. The van der Waals surface area contributed by atoms with E-state index in [4.69, 9.17) is 0 Å². The van der Waals surface area contributed by atoms with Gasteiger partial charge in [0.2, 0.25) is 5.91 Å². The summed E-state index contributed by atoms with van der Waals surface area (Å²) in [7, 11) is 0. The molecular weight excluding hydrogens is 424 g/mol. The predicted octanol–water partition coefficient (Wildman–Crippen LogP) is 4.55. The number of amides is 2. The lowest BCUT2D eigenvalue weighted by atomic mass is 9.98. The minimum Gasteiger partial charge on any atom is -0.339 e. The minimum absolute atomic E-state index is 0. The van der Waals surface area contributed by atoms with Crippen molar-refractivity contribution in [1.82, 2.24) is 15.5 Å². The van der Waals surface area contributed by atoms with E-state index >= 15 is 0 Å². The Morgan fingerprint density at radius 2 is 1.85 bits per heavy atom. The van der Waals surface area contributed by atoms with Crippen LogP contribution in [0.5, 0.6) is 0 Å². The Labute approximate surface area is 205 Å². The van der Waals surface area contributed by atoms with Gasteiger partial charge in [-0.1, -0.05) is 42.8 Å². The van der Waals surface area contributed by atoms with E-state index in [9.17, 15) is 14.9 Å². The Morgan fingerprint density at radius 1 is 1.06 bits per heavy atom. The first-order chi connectivity index (χ1) is 16.6. The van der Waals surface area contributed by atoms with Crippen LogP contribution >= 0.6 is 0 Å². The van der Waals surface area contributed by atoms with Crippen molar-refractivity contribution in [3.63, 3.8) is 0 Å². The number of piperidine rings is 2. The van der Waals surface area contributed by atoms with E-state index in [1.54, 1.807) is 0 Å². The maximum atomic E-state index is 12.9. The zero-order chi connectivity index (χ0) is 23.8. The standard InChI is InChI=1S/C28H34N4O2.2H2/c29-20-25(31-27(33)26-9-2-3-16-30-26)15-12-21-10-13-22(14-11-21)23-7-6-8-24(19-23)28(34)32-17-4-1-5-18-32;;/h6-8,10-11,13-14,19,25-26,30H,1-5,9,12,15-18H2,(H,31,33);2*1H/t25-,26-;;/m0../s1. The maximum Gasteiger partial charge on any atom is 0.253 e. The topological polar surface area (TPSA) is 85.2 Å². The van der Waals surface area contributed by atoms with Crippen LogP contribution in [0, 0.1) is 11.3 Å². The summed E-state index contributed by atoms with van der Waals surface area (Å²) in [6.45, 7) is 2.55. The molecule has 2 aromatic rings. The first kappa shape index (κ1) is 24.0. The van der Waals surface area contributed by atoms with E-state index in [0.717, 1.165) is 74.0 Å². The third-order valence-electron chi connectivity index (χ3n) is 6.86. The van der Waals surface area contributed by atoms with Gasteiger partial charge < -0.3 is 15.5 Å². The summed E-state index contributed by atoms with van der Waals surface area (Å²) < 4.78 is 0. The fourth-order valence-corrected chi connectivity index (χ4v) is 4.80. The maximum absolute atomic E-state index is 12.9. The number of nitrogens with one attached hydrogen (secondary N) is 2. The number of aryl methyl sites for hydroxylation is 1. The molecule has 0 radical (unpaired) electrons. The Bertz CT molecular complexity index is 1030. The molecule has 2 saturated heterocycles. The van der Waals surface area contributed by atoms with Crippen molar-refractivity contribution in [3.8, 4) is 17.2 Å². The predicted molar refractivity (Wildman–Crippen MR) is 137 cm³/mol. The van der Waals surface area contributed by atoms with Gasteiger partial charge in [0.1, 0.15) is 6.04 Å². The van der Waals surface area contributed by atoms with Crippen LogP contribution < -0.4 is 10.6 Å². The van der Waals surface area contributed by atoms with Gasteiger partial charge in [-0.05, 0) is 80.3 Å². The molecule has 0 aliphatic carbocycles. The first-order valence-corrected chi connectivity index (χ1v) is 12.6. The molecule has 182 valence electrons. The van der Waals surface area contributed by atoms with Crippen LogP contribution in [0.4, 0.5) is 0 Å². The van der Waals surface area contributed by atoms with Crippen LogP contribution in [0.1, 0.15) is 63.7 Å². The van der Waals surface area contributed by atoms with Gasteiger partial charge in [0, 0.05) is 21.5 Å². The molecule has 0 unspecified atom stereocenters. The molecule has 2 aliphatic heterocycles. The van der Waals surface area contributed by atoms with Gasteiger partial charge in [-0.15, -0.1) is 0 Å². The third-order valence-corrected chi connectivity index (χ3v) is 6.86. The van der Waals surface area contributed by atoms with Crippen LogP contribution in [0.25, 0.3) is 11.1 Å². The summed E-state index contributed by atoms with van der Waals surface area (Å²) in [5.41, 5.74) is 3.94. The molecule has 0 bridgehead atoms. The summed E-state index contributed by atoms with van der Waals surface area (Å²) in [6.07, 6.45) is 7.63.